The molecule has 0 unspecified atom stereocenters. The molecule has 0 radical (unpaired) electrons. The molecule has 5 rings (SSSR count). The zero-order valence-corrected chi connectivity index (χ0v) is 18.1. The van der Waals surface area contributed by atoms with Gasteiger partial charge >= 0.3 is 0 Å². The maximum atomic E-state index is 9.09. The third kappa shape index (κ3) is 3.09. The largest absolute Gasteiger partial charge is 0.372 e. The van der Waals surface area contributed by atoms with Crippen LogP contribution >= 0.6 is 11.6 Å². The van der Waals surface area contributed by atoms with Gasteiger partial charge in [0.2, 0.25) is 0 Å². The van der Waals surface area contributed by atoms with Gasteiger partial charge in [-0.3, -0.25) is 4.57 Å². The van der Waals surface area contributed by atoms with Crippen LogP contribution in [0.15, 0.2) is 54.9 Å². The van der Waals surface area contributed by atoms with Crippen LogP contribution in [0.3, 0.4) is 0 Å². The lowest BCUT2D eigenvalue weighted by Gasteiger charge is -2.22. The van der Waals surface area contributed by atoms with Crippen molar-refractivity contribution in [3.63, 3.8) is 0 Å². The van der Waals surface area contributed by atoms with E-state index in [1.54, 1.807) is 6.33 Å². The van der Waals surface area contributed by atoms with Gasteiger partial charge < -0.3 is 9.47 Å². The molecule has 0 atom stereocenters. The summed E-state index contributed by atoms with van der Waals surface area (Å²) >= 11 is 6.91. The number of hydrogen-bond acceptors (Lipinski definition) is 4. The second-order valence-electron chi connectivity index (χ2n) is 7.52. The second kappa shape index (κ2) is 7.60. The van der Waals surface area contributed by atoms with E-state index in [9.17, 15) is 0 Å². The fourth-order valence-electron chi connectivity index (χ4n) is 4.27. The number of rotatable bonds is 4. The van der Waals surface area contributed by atoms with Crippen LogP contribution in [-0.4, -0.2) is 32.4 Å². The van der Waals surface area contributed by atoms with Crippen molar-refractivity contribution < 1.29 is 0 Å². The zero-order chi connectivity index (χ0) is 21.5. The third-order valence-corrected chi connectivity index (χ3v) is 6.32. The first kappa shape index (κ1) is 19.4. The first-order chi connectivity index (χ1) is 15.1. The Hall–Kier alpha value is -3.56. The standard InChI is InChI=1S/C24H21ClN6/c1-3-29(4-2)19-9-10-21-18(11-19)14-30-22(24-28-27-15-31(21)24)12-20(23(30)25)17-7-5-16(13-26)6-8-17/h5-12,15H,3-4,14H2,1-2H3. The average Bonchev–Trinajstić information content (AvgIpc) is 3.37. The lowest BCUT2D eigenvalue weighted by atomic mass is 10.1. The van der Waals surface area contributed by atoms with Gasteiger partial charge in [0.15, 0.2) is 5.82 Å². The minimum absolute atomic E-state index is 0.623. The Morgan fingerprint density at radius 2 is 1.87 bits per heavy atom. The van der Waals surface area contributed by atoms with E-state index in [2.05, 4.69) is 63.8 Å². The van der Waals surface area contributed by atoms with Crippen molar-refractivity contribution in [1.82, 2.24) is 19.3 Å². The number of hydrogen-bond donors (Lipinski definition) is 0. The topological polar surface area (TPSA) is 62.7 Å². The molecule has 0 amide bonds. The van der Waals surface area contributed by atoms with Crippen molar-refractivity contribution in [3.05, 3.63) is 71.1 Å². The summed E-state index contributed by atoms with van der Waals surface area (Å²) in [5, 5.41) is 18.3. The number of fused-ring (bicyclic) bond motifs is 5. The van der Waals surface area contributed by atoms with Crippen molar-refractivity contribution in [2.75, 3.05) is 18.0 Å². The molecule has 0 aliphatic carbocycles. The van der Waals surface area contributed by atoms with Crippen LogP contribution in [0.4, 0.5) is 5.69 Å². The van der Waals surface area contributed by atoms with Gasteiger partial charge in [-0.15, -0.1) is 10.2 Å². The van der Waals surface area contributed by atoms with Gasteiger partial charge in [0.1, 0.15) is 11.5 Å². The molecule has 2 aromatic carbocycles. The molecule has 7 heteroatoms. The van der Waals surface area contributed by atoms with E-state index < -0.39 is 0 Å². The lowest BCUT2D eigenvalue weighted by Crippen LogP contribution is -2.22. The summed E-state index contributed by atoms with van der Waals surface area (Å²) in [6.45, 7) is 6.87. The van der Waals surface area contributed by atoms with Crippen LogP contribution < -0.4 is 4.90 Å². The molecule has 6 nitrogen and oxygen atoms in total. The molecular weight excluding hydrogens is 408 g/mol. The summed E-state index contributed by atoms with van der Waals surface area (Å²) in [5.41, 5.74) is 6.84. The highest BCUT2D eigenvalue weighted by molar-refractivity contribution is 6.32. The average molecular weight is 429 g/mol. The summed E-state index contributed by atoms with van der Waals surface area (Å²) < 4.78 is 4.12. The Morgan fingerprint density at radius 1 is 1.10 bits per heavy atom. The van der Waals surface area contributed by atoms with Crippen molar-refractivity contribution in [2.24, 2.45) is 0 Å². The van der Waals surface area contributed by atoms with E-state index in [0.29, 0.717) is 17.3 Å². The minimum atomic E-state index is 0.623. The van der Waals surface area contributed by atoms with Crippen molar-refractivity contribution in [2.45, 2.75) is 20.4 Å². The Kier molecular flexibility index (Phi) is 4.76. The predicted octanol–water partition coefficient (Wildman–Crippen LogP) is 5.14. The van der Waals surface area contributed by atoms with E-state index in [-0.39, 0.29) is 0 Å². The fraction of sp³-hybridized carbons (Fsp3) is 0.208. The molecule has 1 aliphatic rings. The smallest absolute Gasteiger partial charge is 0.185 e. The molecule has 0 spiro atoms. The minimum Gasteiger partial charge on any atom is -0.372 e. The Bertz CT molecular complexity index is 1310. The maximum absolute atomic E-state index is 9.09. The van der Waals surface area contributed by atoms with Crippen molar-refractivity contribution >= 4 is 17.3 Å². The number of nitrogens with zero attached hydrogens (tertiary/aromatic N) is 6. The monoisotopic (exact) mass is 428 g/mol. The Balaban J connectivity index is 1.67. The predicted molar refractivity (Wildman–Crippen MR) is 123 cm³/mol. The van der Waals surface area contributed by atoms with E-state index in [1.165, 1.54) is 5.69 Å². The van der Waals surface area contributed by atoms with Crippen LogP contribution in [-0.2, 0) is 6.54 Å². The highest BCUT2D eigenvalue weighted by Crippen LogP contribution is 2.39. The van der Waals surface area contributed by atoms with E-state index >= 15 is 0 Å². The second-order valence-corrected chi connectivity index (χ2v) is 7.88. The number of halogens is 1. The zero-order valence-electron chi connectivity index (χ0n) is 17.4. The van der Waals surface area contributed by atoms with Crippen molar-refractivity contribution in [3.8, 4) is 34.4 Å². The molecule has 3 heterocycles. The molecule has 0 N–H and O–H groups in total. The van der Waals surface area contributed by atoms with Gasteiger partial charge in [0.05, 0.1) is 29.6 Å². The molecule has 2 aromatic heterocycles. The van der Waals surface area contributed by atoms with Crippen LogP contribution in [0.2, 0.25) is 5.15 Å². The molecule has 1 aliphatic heterocycles. The summed E-state index contributed by atoms with van der Waals surface area (Å²) in [6, 6.07) is 18.2. The molecule has 0 fully saturated rings. The summed E-state index contributed by atoms with van der Waals surface area (Å²) in [6.07, 6.45) is 1.75. The summed E-state index contributed by atoms with van der Waals surface area (Å²) in [7, 11) is 0. The Labute approximate surface area is 185 Å². The van der Waals surface area contributed by atoms with Crippen molar-refractivity contribution in [1.29, 1.82) is 5.26 Å². The van der Waals surface area contributed by atoms with Gasteiger partial charge in [-0.25, -0.2) is 0 Å². The fourth-order valence-corrected chi connectivity index (χ4v) is 4.58. The van der Waals surface area contributed by atoms with Crippen LogP contribution in [0.1, 0.15) is 25.0 Å². The number of anilines is 1. The first-order valence-electron chi connectivity index (χ1n) is 10.3. The SMILES string of the molecule is CCN(CC)c1ccc2c(c1)Cn1c(cc(-c3ccc(C#N)cc3)c1Cl)-c1nncn1-2. The summed E-state index contributed by atoms with van der Waals surface area (Å²) in [5.74, 6) is 0.760. The van der Waals surface area contributed by atoms with E-state index in [4.69, 9.17) is 16.9 Å². The first-order valence-corrected chi connectivity index (χ1v) is 10.7. The quantitative estimate of drug-likeness (QED) is 0.398. The van der Waals surface area contributed by atoms with Gasteiger partial charge in [0.25, 0.3) is 0 Å². The molecule has 31 heavy (non-hydrogen) atoms. The molecule has 154 valence electrons. The molecule has 0 saturated carbocycles. The molecule has 0 saturated heterocycles. The normalized spacial score (nSPS) is 11.8. The molecule has 0 bridgehead atoms. The van der Waals surface area contributed by atoms with E-state index in [1.807, 2.05) is 28.8 Å². The highest BCUT2D eigenvalue weighted by Gasteiger charge is 2.25. The highest BCUT2D eigenvalue weighted by atomic mass is 35.5. The lowest BCUT2D eigenvalue weighted by molar-refractivity contribution is 0.812. The van der Waals surface area contributed by atoms with Crippen LogP contribution in [0.25, 0.3) is 28.3 Å². The number of nitriles is 1. The van der Waals surface area contributed by atoms with Gasteiger partial charge in [-0.05, 0) is 61.4 Å². The van der Waals surface area contributed by atoms with E-state index in [0.717, 1.165) is 47.0 Å². The van der Waals surface area contributed by atoms with Gasteiger partial charge in [0, 0.05) is 24.3 Å². The molecule has 4 aromatic rings. The maximum Gasteiger partial charge on any atom is 0.185 e. The summed E-state index contributed by atoms with van der Waals surface area (Å²) in [4.78, 5) is 2.33. The third-order valence-electron chi connectivity index (χ3n) is 5.91. The van der Waals surface area contributed by atoms with Gasteiger partial charge in [-0.2, -0.15) is 5.26 Å². The van der Waals surface area contributed by atoms with Gasteiger partial charge in [-0.1, -0.05) is 23.7 Å². The van der Waals surface area contributed by atoms with Crippen LogP contribution in [0, 0.1) is 11.3 Å². The Morgan fingerprint density at radius 3 is 2.58 bits per heavy atom. The van der Waals surface area contributed by atoms with Crippen LogP contribution in [0.5, 0.6) is 0 Å². The molecular formula is C24H21ClN6. The number of benzene rings is 2. The number of aromatic nitrogens is 4.